The molecule has 0 aliphatic carbocycles. The van der Waals surface area contributed by atoms with E-state index in [0.29, 0.717) is 5.16 Å². The van der Waals surface area contributed by atoms with Crippen LogP contribution in [-0.4, -0.2) is 44.9 Å². The Morgan fingerprint density at radius 3 is 2.82 bits per heavy atom. The lowest BCUT2D eigenvalue weighted by atomic mass is 10.1. The summed E-state index contributed by atoms with van der Waals surface area (Å²) in [5.41, 5.74) is 2.97. The van der Waals surface area contributed by atoms with Crippen molar-refractivity contribution in [2.24, 2.45) is 0 Å². The van der Waals surface area contributed by atoms with E-state index >= 15 is 0 Å². The first-order chi connectivity index (χ1) is 10.5. The maximum Gasteiger partial charge on any atom is 0.321 e. The molecule has 3 amide bonds. The Kier molecular flexibility index (Phi) is 5.10. The maximum atomic E-state index is 11.6. The number of nitrogens with zero attached hydrogens (tertiary/aromatic N) is 4. The van der Waals surface area contributed by atoms with Crippen molar-refractivity contribution in [1.29, 1.82) is 0 Å². The van der Waals surface area contributed by atoms with Crippen molar-refractivity contribution in [2.45, 2.75) is 19.0 Å². The molecule has 9 heteroatoms. The lowest BCUT2D eigenvalue weighted by molar-refractivity contribution is -0.117. The third kappa shape index (κ3) is 3.82. The van der Waals surface area contributed by atoms with E-state index < -0.39 is 11.9 Å². The predicted molar refractivity (Wildman–Crippen MR) is 82.0 cm³/mol. The van der Waals surface area contributed by atoms with E-state index in [1.807, 2.05) is 32.0 Å². The zero-order valence-electron chi connectivity index (χ0n) is 12.5. The number of hydrogen-bond donors (Lipinski definition) is 2. The van der Waals surface area contributed by atoms with Crippen LogP contribution in [-0.2, 0) is 4.79 Å². The van der Waals surface area contributed by atoms with Crippen LogP contribution in [0.4, 0.5) is 4.79 Å². The summed E-state index contributed by atoms with van der Waals surface area (Å²) in [7, 11) is 1.44. The third-order valence-electron chi connectivity index (χ3n) is 2.85. The van der Waals surface area contributed by atoms with Crippen LogP contribution in [0.1, 0.15) is 11.1 Å². The smallest absolute Gasteiger partial charge is 0.321 e. The van der Waals surface area contributed by atoms with Gasteiger partial charge in [0.1, 0.15) is 0 Å². The molecule has 116 valence electrons. The van der Waals surface area contributed by atoms with Crippen LogP contribution >= 0.6 is 11.8 Å². The first-order valence-electron chi connectivity index (χ1n) is 6.51. The molecule has 1 aromatic carbocycles. The summed E-state index contributed by atoms with van der Waals surface area (Å²) in [4.78, 5) is 22.7. The van der Waals surface area contributed by atoms with Crippen LogP contribution in [0.25, 0.3) is 5.69 Å². The van der Waals surface area contributed by atoms with Crippen LogP contribution in [0.2, 0.25) is 0 Å². The molecule has 0 aliphatic rings. The van der Waals surface area contributed by atoms with Crippen molar-refractivity contribution < 1.29 is 9.59 Å². The normalized spacial score (nSPS) is 10.3. The second kappa shape index (κ2) is 7.03. The summed E-state index contributed by atoms with van der Waals surface area (Å²) in [6.45, 7) is 3.94. The van der Waals surface area contributed by atoms with E-state index in [2.05, 4.69) is 26.2 Å². The second-order valence-corrected chi connectivity index (χ2v) is 5.52. The second-order valence-electron chi connectivity index (χ2n) is 4.58. The van der Waals surface area contributed by atoms with E-state index in [9.17, 15) is 9.59 Å². The fourth-order valence-corrected chi connectivity index (χ4v) is 2.41. The average molecular weight is 320 g/mol. The Hall–Kier alpha value is -2.42. The van der Waals surface area contributed by atoms with Crippen molar-refractivity contribution in [1.82, 2.24) is 30.8 Å². The summed E-state index contributed by atoms with van der Waals surface area (Å²) in [6, 6.07) is 5.42. The minimum atomic E-state index is -0.542. The Morgan fingerprint density at radius 2 is 2.09 bits per heavy atom. The Balaban J connectivity index is 2.12. The fourth-order valence-electron chi connectivity index (χ4n) is 1.72. The molecular weight excluding hydrogens is 304 g/mol. The van der Waals surface area contributed by atoms with Gasteiger partial charge in [-0.05, 0) is 41.5 Å². The highest BCUT2D eigenvalue weighted by Crippen LogP contribution is 2.21. The van der Waals surface area contributed by atoms with Gasteiger partial charge in [0, 0.05) is 7.05 Å². The largest absolute Gasteiger partial charge is 0.341 e. The van der Waals surface area contributed by atoms with Crippen molar-refractivity contribution in [3.8, 4) is 5.69 Å². The third-order valence-corrected chi connectivity index (χ3v) is 3.77. The fraction of sp³-hybridized carbons (Fsp3) is 0.308. The van der Waals surface area contributed by atoms with Gasteiger partial charge < -0.3 is 5.32 Å². The van der Waals surface area contributed by atoms with Gasteiger partial charge in [-0.15, -0.1) is 5.10 Å². The molecular formula is C13H16N6O2S. The van der Waals surface area contributed by atoms with E-state index in [4.69, 9.17) is 0 Å². The molecule has 2 aromatic rings. The zero-order chi connectivity index (χ0) is 16.1. The van der Waals surface area contributed by atoms with Gasteiger partial charge in [0.05, 0.1) is 11.4 Å². The molecule has 0 spiro atoms. The molecule has 1 heterocycles. The SMILES string of the molecule is CNC(=O)NC(=O)CSc1nnnn1-c1cc(C)ccc1C. The first-order valence-corrected chi connectivity index (χ1v) is 7.50. The average Bonchev–Trinajstić information content (AvgIpc) is 2.95. The number of aryl methyl sites for hydroxylation is 2. The number of nitrogens with one attached hydrogen (secondary N) is 2. The number of rotatable bonds is 4. The molecule has 0 aliphatic heterocycles. The van der Waals surface area contributed by atoms with Crippen molar-refractivity contribution in [3.05, 3.63) is 29.3 Å². The van der Waals surface area contributed by atoms with Crippen molar-refractivity contribution in [2.75, 3.05) is 12.8 Å². The Morgan fingerprint density at radius 1 is 1.32 bits per heavy atom. The van der Waals surface area contributed by atoms with Crippen molar-refractivity contribution >= 4 is 23.7 Å². The highest BCUT2D eigenvalue weighted by atomic mass is 32.2. The summed E-state index contributed by atoms with van der Waals surface area (Å²) in [5, 5.41) is 16.5. The number of hydrogen-bond acceptors (Lipinski definition) is 6. The number of aromatic nitrogens is 4. The van der Waals surface area contributed by atoms with E-state index in [1.54, 1.807) is 4.68 Å². The summed E-state index contributed by atoms with van der Waals surface area (Å²) >= 11 is 1.16. The highest BCUT2D eigenvalue weighted by molar-refractivity contribution is 7.99. The molecule has 8 nitrogen and oxygen atoms in total. The first kappa shape index (κ1) is 16.0. The van der Waals surface area contributed by atoms with Gasteiger partial charge in [0.25, 0.3) is 0 Å². The lowest BCUT2D eigenvalue weighted by Gasteiger charge is -2.08. The van der Waals surface area contributed by atoms with E-state index in [1.165, 1.54) is 7.05 Å². The van der Waals surface area contributed by atoms with E-state index in [-0.39, 0.29) is 5.75 Å². The number of urea groups is 1. The monoisotopic (exact) mass is 320 g/mol. The highest BCUT2D eigenvalue weighted by Gasteiger charge is 2.14. The van der Waals surface area contributed by atoms with Gasteiger partial charge in [0.15, 0.2) is 0 Å². The van der Waals surface area contributed by atoms with Gasteiger partial charge >= 0.3 is 6.03 Å². The van der Waals surface area contributed by atoms with Gasteiger partial charge in [-0.3, -0.25) is 10.1 Å². The molecule has 0 unspecified atom stereocenters. The Bertz CT molecular complexity index is 700. The van der Waals surface area contributed by atoms with E-state index in [0.717, 1.165) is 28.6 Å². The number of amides is 3. The zero-order valence-corrected chi connectivity index (χ0v) is 13.3. The number of thioether (sulfide) groups is 1. The topological polar surface area (TPSA) is 102 Å². The standard InChI is InChI=1S/C13H16N6O2S/c1-8-4-5-9(2)10(6-8)19-13(16-17-18-19)22-7-11(20)15-12(21)14-3/h4-6H,7H2,1-3H3,(H2,14,15,20,21). The summed E-state index contributed by atoms with van der Waals surface area (Å²) in [5.74, 6) is -0.376. The summed E-state index contributed by atoms with van der Waals surface area (Å²) < 4.78 is 1.58. The molecule has 0 bridgehead atoms. The predicted octanol–water partition coefficient (Wildman–Crippen LogP) is 0.827. The molecule has 0 atom stereocenters. The number of carbonyl (C=O) groups excluding carboxylic acids is 2. The molecule has 2 N–H and O–H groups in total. The quantitative estimate of drug-likeness (QED) is 0.809. The van der Waals surface area contributed by atoms with Crippen LogP contribution < -0.4 is 10.6 Å². The summed E-state index contributed by atoms with van der Waals surface area (Å²) in [6.07, 6.45) is 0. The van der Waals surface area contributed by atoms with Crippen molar-refractivity contribution in [3.63, 3.8) is 0 Å². The number of tetrazole rings is 1. The molecule has 0 saturated heterocycles. The lowest BCUT2D eigenvalue weighted by Crippen LogP contribution is -2.38. The van der Waals surface area contributed by atoms with Crippen LogP contribution in [0.5, 0.6) is 0 Å². The number of carbonyl (C=O) groups is 2. The molecule has 22 heavy (non-hydrogen) atoms. The Labute approximate surface area is 131 Å². The molecule has 0 fully saturated rings. The van der Waals surface area contributed by atoms with Gasteiger partial charge in [-0.25, -0.2) is 4.79 Å². The number of benzene rings is 1. The minimum absolute atomic E-state index is 0.0403. The molecule has 0 radical (unpaired) electrons. The van der Waals surface area contributed by atoms with Crippen LogP contribution in [0.15, 0.2) is 23.4 Å². The molecule has 2 rings (SSSR count). The molecule has 0 saturated carbocycles. The maximum absolute atomic E-state index is 11.6. The number of imide groups is 1. The van der Waals surface area contributed by atoms with Gasteiger partial charge in [-0.2, -0.15) is 4.68 Å². The van der Waals surface area contributed by atoms with Gasteiger partial charge in [0.2, 0.25) is 11.1 Å². The minimum Gasteiger partial charge on any atom is -0.341 e. The van der Waals surface area contributed by atoms with Crippen LogP contribution in [0, 0.1) is 13.8 Å². The molecule has 1 aromatic heterocycles. The van der Waals surface area contributed by atoms with Crippen LogP contribution in [0.3, 0.4) is 0 Å². The van der Waals surface area contributed by atoms with Gasteiger partial charge in [-0.1, -0.05) is 23.9 Å².